The van der Waals surface area contributed by atoms with Gasteiger partial charge in [-0.3, -0.25) is 19.5 Å². The van der Waals surface area contributed by atoms with E-state index in [1.54, 1.807) is 47.2 Å². The van der Waals surface area contributed by atoms with Crippen LogP contribution >= 0.6 is 23.4 Å². The number of hydrogen-bond acceptors (Lipinski definition) is 8. The van der Waals surface area contributed by atoms with Crippen LogP contribution in [0.2, 0.25) is 5.02 Å². The van der Waals surface area contributed by atoms with Crippen molar-refractivity contribution in [3.8, 4) is 0 Å². The van der Waals surface area contributed by atoms with Gasteiger partial charge in [-0.05, 0) is 27.7 Å². The SMILES string of the molecule is CCn1cc(Cl)c(/C=N\n2c(C)nnc2SCn2nc(C)c([N+](=O)[O-])c2C)n1. The van der Waals surface area contributed by atoms with Crippen molar-refractivity contribution in [1.82, 2.24) is 34.4 Å². The molecule has 3 aromatic heterocycles. The third-order valence-corrected chi connectivity index (χ3v) is 5.15. The maximum atomic E-state index is 11.1. The summed E-state index contributed by atoms with van der Waals surface area (Å²) in [6.07, 6.45) is 3.27. The summed E-state index contributed by atoms with van der Waals surface area (Å²) in [4.78, 5) is 10.7. The van der Waals surface area contributed by atoms with Crippen LogP contribution in [-0.4, -0.2) is 45.6 Å². The van der Waals surface area contributed by atoms with Gasteiger partial charge in [-0.1, -0.05) is 23.4 Å². The average Bonchev–Trinajstić information content (AvgIpc) is 3.27. The molecule has 148 valence electrons. The second kappa shape index (κ2) is 8.10. The first kappa shape index (κ1) is 20.0. The molecule has 0 aliphatic heterocycles. The molecule has 3 rings (SSSR count). The molecule has 0 radical (unpaired) electrons. The molecule has 0 saturated heterocycles. The Bertz CT molecular complexity index is 1050. The molecule has 0 bridgehead atoms. The van der Waals surface area contributed by atoms with Crippen molar-refractivity contribution >= 4 is 35.3 Å². The number of nitro groups is 1. The van der Waals surface area contributed by atoms with Gasteiger partial charge in [0.05, 0.1) is 22.0 Å². The van der Waals surface area contributed by atoms with Gasteiger partial charge in [-0.2, -0.15) is 20.0 Å². The minimum Gasteiger partial charge on any atom is -0.271 e. The smallest absolute Gasteiger partial charge is 0.271 e. The molecule has 0 fully saturated rings. The van der Waals surface area contributed by atoms with Crippen LogP contribution in [0.5, 0.6) is 0 Å². The quantitative estimate of drug-likeness (QED) is 0.248. The fourth-order valence-electron chi connectivity index (χ4n) is 2.53. The lowest BCUT2D eigenvalue weighted by atomic mass is 10.3. The van der Waals surface area contributed by atoms with E-state index in [1.807, 2.05) is 6.92 Å². The Morgan fingerprint density at radius 1 is 1.32 bits per heavy atom. The second-order valence-corrected chi connectivity index (χ2v) is 7.17. The molecule has 0 atom stereocenters. The lowest BCUT2D eigenvalue weighted by Gasteiger charge is -2.03. The highest BCUT2D eigenvalue weighted by atomic mass is 35.5. The van der Waals surface area contributed by atoms with E-state index < -0.39 is 4.92 Å². The normalized spacial score (nSPS) is 11.6. The number of nitrogens with zero attached hydrogens (tertiary/aromatic N) is 9. The number of halogens is 1. The van der Waals surface area contributed by atoms with Crippen LogP contribution in [0.25, 0.3) is 0 Å². The van der Waals surface area contributed by atoms with E-state index in [0.717, 1.165) is 0 Å². The van der Waals surface area contributed by atoms with Crippen LogP contribution in [0, 0.1) is 30.9 Å². The number of thioether (sulfide) groups is 1. The van der Waals surface area contributed by atoms with Crippen LogP contribution in [0.1, 0.15) is 29.8 Å². The third-order valence-electron chi connectivity index (χ3n) is 3.97. The molecular formula is C15H18ClN9O2S. The van der Waals surface area contributed by atoms with Crippen molar-refractivity contribution in [2.24, 2.45) is 5.10 Å². The number of rotatable bonds is 7. The Morgan fingerprint density at radius 3 is 2.68 bits per heavy atom. The highest BCUT2D eigenvalue weighted by molar-refractivity contribution is 7.98. The standard InChI is InChI=1S/C15H18ClN9O2S/c1-5-22-7-12(16)13(21-22)6-17-24-11(4)18-19-15(24)28-8-23-10(3)14(25(26)27)9(2)20-23/h6-7H,5,8H2,1-4H3/b17-6-. The number of aryl methyl sites for hydroxylation is 3. The zero-order valence-corrected chi connectivity index (χ0v) is 17.3. The second-order valence-electron chi connectivity index (χ2n) is 5.85. The molecule has 11 nitrogen and oxygen atoms in total. The van der Waals surface area contributed by atoms with E-state index in [-0.39, 0.29) is 5.69 Å². The molecule has 0 amide bonds. The minimum atomic E-state index is -0.422. The van der Waals surface area contributed by atoms with E-state index in [4.69, 9.17) is 11.6 Å². The average molecular weight is 424 g/mol. The minimum absolute atomic E-state index is 0.0254. The lowest BCUT2D eigenvalue weighted by molar-refractivity contribution is -0.386. The summed E-state index contributed by atoms with van der Waals surface area (Å²) in [6, 6.07) is 0. The van der Waals surface area contributed by atoms with Gasteiger partial charge >= 0.3 is 5.69 Å². The van der Waals surface area contributed by atoms with Crippen molar-refractivity contribution in [3.63, 3.8) is 0 Å². The van der Waals surface area contributed by atoms with Gasteiger partial charge in [0.25, 0.3) is 0 Å². The van der Waals surface area contributed by atoms with Gasteiger partial charge in [0.1, 0.15) is 17.1 Å². The van der Waals surface area contributed by atoms with E-state index >= 15 is 0 Å². The summed E-state index contributed by atoms with van der Waals surface area (Å²) >= 11 is 7.47. The summed E-state index contributed by atoms with van der Waals surface area (Å²) in [5.41, 5.74) is 1.43. The Labute approximate surface area is 169 Å². The van der Waals surface area contributed by atoms with Crippen molar-refractivity contribution in [2.75, 3.05) is 0 Å². The molecule has 3 heterocycles. The third kappa shape index (κ3) is 3.92. The highest BCUT2D eigenvalue weighted by Gasteiger charge is 2.22. The zero-order valence-electron chi connectivity index (χ0n) is 15.7. The predicted octanol–water partition coefficient (Wildman–Crippen LogP) is 2.81. The van der Waals surface area contributed by atoms with Gasteiger partial charge in [0, 0.05) is 12.7 Å². The molecular weight excluding hydrogens is 406 g/mol. The first-order chi connectivity index (χ1) is 13.3. The molecule has 3 aromatic rings. The molecule has 0 spiro atoms. The monoisotopic (exact) mass is 423 g/mol. The molecule has 28 heavy (non-hydrogen) atoms. The molecule has 0 N–H and O–H groups in total. The highest BCUT2D eigenvalue weighted by Crippen LogP contribution is 2.25. The Balaban J connectivity index is 1.80. The zero-order chi connectivity index (χ0) is 20.4. The maximum absolute atomic E-state index is 11.1. The van der Waals surface area contributed by atoms with Crippen LogP contribution in [0.15, 0.2) is 16.5 Å². The van der Waals surface area contributed by atoms with Crippen molar-refractivity contribution in [1.29, 1.82) is 0 Å². The van der Waals surface area contributed by atoms with Gasteiger partial charge in [0.2, 0.25) is 5.16 Å². The molecule has 0 aromatic carbocycles. The van der Waals surface area contributed by atoms with Gasteiger partial charge in [0.15, 0.2) is 5.82 Å². The molecule has 0 unspecified atom stereocenters. The van der Waals surface area contributed by atoms with Crippen LogP contribution in [0.3, 0.4) is 0 Å². The first-order valence-corrected chi connectivity index (χ1v) is 9.68. The predicted molar refractivity (Wildman–Crippen MR) is 105 cm³/mol. The van der Waals surface area contributed by atoms with Gasteiger partial charge < -0.3 is 0 Å². The van der Waals surface area contributed by atoms with Crippen molar-refractivity contribution < 1.29 is 4.92 Å². The Morgan fingerprint density at radius 2 is 2.07 bits per heavy atom. The molecule has 0 aliphatic carbocycles. The summed E-state index contributed by atoms with van der Waals surface area (Å²) in [6.45, 7) is 7.72. The van der Waals surface area contributed by atoms with E-state index in [1.165, 1.54) is 11.8 Å². The van der Waals surface area contributed by atoms with Gasteiger partial charge in [-0.15, -0.1) is 10.2 Å². The summed E-state index contributed by atoms with van der Waals surface area (Å²) in [5.74, 6) is 0.920. The first-order valence-electron chi connectivity index (χ1n) is 8.32. The van der Waals surface area contributed by atoms with Crippen LogP contribution in [0.4, 0.5) is 5.69 Å². The maximum Gasteiger partial charge on any atom is 0.312 e. The van der Waals surface area contributed by atoms with Crippen LogP contribution in [-0.2, 0) is 12.4 Å². The Hall–Kier alpha value is -2.73. The van der Waals surface area contributed by atoms with Crippen molar-refractivity contribution in [3.05, 3.63) is 44.2 Å². The van der Waals surface area contributed by atoms with E-state index in [9.17, 15) is 10.1 Å². The molecule has 13 heteroatoms. The number of aromatic nitrogens is 7. The lowest BCUT2D eigenvalue weighted by Crippen LogP contribution is -2.03. The fraction of sp³-hybridized carbons (Fsp3) is 0.400. The summed E-state index contributed by atoms with van der Waals surface area (Å²) in [5, 5.41) is 33.2. The van der Waals surface area contributed by atoms with E-state index in [0.29, 0.717) is 45.5 Å². The van der Waals surface area contributed by atoms with Crippen molar-refractivity contribution in [2.45, 2.75) is 45.3 Å². The fourth-order valence-corrected chi connectivity index (χ4v) is 3.62. The number of hydrogen-bond donors (Lipinski definition) is 0. The van der Waals surface area contributed by atoms with Crippen LogP contribution < -0.4 is 0 Å². The van der Waals surface area contributed by atoms with E-state index in [2.05, 4.69) is 25.5 Å². The topological polar surface area (TPSA) is 122 Å². The Kier molecular flexibility index (Phi) is 5.79. The van der Waals surface area contributed by atoms with Gasteiger partial charge in [-0.25, -0.2) is 0 Å². The summed E-state index contributed by atoms with van der Waals surface area (Å²) in [7, 11) is 0. The molecule has 0 saturated carbocycles. The molecule has 0 aliphatic rings. The summed E-state index contributed by atoms with van der Waals surface area (Å²) < 4.78 is 4.84. The largest absolute Gasteiger partial charge is 0.312 e.